The molecule has 4 heteroatoms. The molecule has 0 spiro atoms. The first-order chi connectivity index (χ1) is 12.0. The van der Waals surface area contributed by atoms with Gasteiger partial charge in [-0.15, -0.1) is 0 Å². The highest BCUT2D eigenvalue weighted by Crippen LogP contribution is 2.38. The minimum Gasteiger partial charge on any atom is -0.478 e. The molecule has 0 saturated heterocycles. The zero-order chi connectivity index (χ0) is 18.0. The molecule has 0 aromatic heterocycles. The average molecular weight is 341 g/mol. The van der Waals surface area contributed by atoms with Crippen LogP contribution in [0.2, 0.25) is 0 Å². The van der Waals surface area contributed by atoms with Gasteiger partial charge < -0.3 is 10.0 Å². The molecule has 1 aromatic carbocycles. The van der Waals surface area contributed by atoms with Gasteiger partial charge >= 0.3 is 5.97 Å². The van der Waals surface area contributed by atoms with Crippen LogP contribution in [0.3, 0.4) is 0 Å². The van der Waals surface area contributed by atoms with Crippen molar-refractivity contribution in [3.63, 3.8) is 0 Å². The highest BCUT2D eigenvalue weighted by Gasteiger charge is 2.24. The van der Waals surface area contributed by atoms with Crippen LogP contribution in [0.15, 0.2) is 41.8 Å². The Kier molecular flexibility index (Phi) is 5.07. The second-order valence-electron chi connectivity index (χ2n) is 6.87. The third-order valence-electron chi connectivity index (χ3n) is 4.97. The maximum absolute atomic E-state index is 14.5. The molecule has 1 aromatic rings. The molecule has 132 valence electrons. The monoisotopic (exact) mass is 341 g/mol. The van der Waals surface area contributed by atoms with Gasteiger partial charge in [-0.05, 0) is 85.6 Å². The fourth-order valence-corrected chi connectivity index (χ4v) is 3.73. The number of carboxylic acid groups (broad SMARTS) is 1. The summed E-state index contributed by atoms with van der Waals surface area (Å²) in [6.07, 6.45) is 8.32. The third kappa shape index (κ3) is 3.84. The molecular weight excluding hydrogens is 317 g/mol. The van der Waals surface area contributed by atoms with E-state index < -0.39 is 5.97 Å². The molecule has 25 heavy (non-hydrogen) atoms. The number of aryl methyl sites for hydroxylation is 2. The molecule has 0 atom stereocenters. The van der Waals surface area contributed by atoms with Crippen LogP contribution in [0.25, 0.3) is 5.57 Å². The van der Waals surface area contributed by atoms with Crippen molar-refractivity contribution < 1.29 is 14.3 Å². The van der Waals surface area contributed by atoms with Crippen molar-refractivity contribution in [3.05, 3.63) is 58.5 Å². The molecular formula is C21H24FNO2. The van der Waals surface area contributed by atoms with E-state index in [0.717, 1.165) is 50.4 Å². The molecule has 0 saturated carbocycles. The van der Waals surface area contributed by atoms with Gasteiger partial charge in [0.2, 0.25) is 0 Å². The summed E-state index contributed by atoms with van der Waals surface area (Å²) in [5.41, 5.74) is 6.07. The Morgan fingerprint density at radius 2 is 1.72 bits per heavy atom. The van der Waals surface area contributed by atoms with E-state index in [1.54, 1.807) is 13.8 Å². The number of carbonyl (C=O) groups is 1. The van der Waals surface area contributed by atoms with E-state index in [4.69, 9.17) is 5.11 Å². The number of allylic oxidation sites excluding steroid dienone is 5. The van der Waals surface area contributed by atoms with Crippen molar-refractivity contribution in [3.8, 4) is 0 Å². The van der Waals surface area contributed by atoms with Crippen molar-refractivity contribution in [1.82, 2.24) is 0 Å². The Morgan fingerprint density at radius 3 is 2.28 bits per heavy atom. The van der Waals surface area contributed by atoms with Gasteiger partial charge in [-0.1, -0.05) is 6.08 Å². The van der Waals surface area contributed by atoms with Crippen LogP contribution < -0.4 is 4.90 Å². The summed E-state index contributed by atoms with van der Waals surface area (Å²) in [7, 11) is 0. The third-order valence-corrected chi connectivity index (χ3v) is 4.97. The SMILES string of the molecule is CC(C=CC(F)=C(C)c1cc2c3c(c1)CCCN3CCC2)=CC(=O)O. The second kappa shape index (κ2) is 7.26. The van der Waals surface area contributed by atoms with Gasteiger partial charge in [-0.2, -0.15) is 0 Å². The number of carboxylic acids is 1. The molecule has 2 aliphatic rings. The smallest absolute Gasteiger partial charge is 0.328 e. The molecule has 2 heterocycles. The lowest BCUT2D eigenvalue weighted by Gasteiger charge is -2.37. The van der Waals surface area contributed by atoms with E-state index in [1.165, 1.54) is 29.0 Å². The lowest BCUT2D eigenvalue weighted by molar-refractivity contribution is -0.131. The Hall–Kier alpha value is -2.36. The predicted molar refractivity (Wildman–Crippen MR) is 99.5 cm³/mol. The van der Waals surface area contributed by atoms with Gasteiger partial charge in [-0.3, -0.25) is 0 Å². The zero-order valence-electron chi connectivity index (χ0n) is 14.8. The van der Waals surface area contributed by atoms with Crippen molar-refractivity contribution >= 4 is 17.2 Å². The molecule has 0 amide bonds. The molecule has 3 nitrogen and oxygen atoms in total. The van der Waals surface area contributed by atoms with Crippen LogP contribution in [-0.4, -0.2) is 24.2 Å². The first kappa shape index (κ1) is 17.5. The van der Waals surface area contributed by atoms with Gasteiger partial charge in [-0.25, -0.2) is 9.18 Å². The number of hydrogen-bond donors (Lipinski definition) is 1. The van der Waals surface area contributed by atoms with E-state index >= 15 is 0 Å². The van der Waals surface area contributed by atoms with Crippen LogP contribution in [0, 0.1) is 0 Å². The van der Waals surface area contributed by atoms with Crippen molar-refractivity contribution in [2.45, 2.75) is 39.5 Å². The van der Waals surface area contributed by atoms with Crippen molar-refractivity contribution in [2.75, 3.05) is 18.0 Å². The summed E-state index contributed by atoms with van der Waals surface area (Å²) < 4.78 is 14.5. The largest absolute Gasteiger partial charge is 0.478 e. The second-order valence-corrected chi connectivity index (χ2v) is 6.87. The lowest BCUT2D eigenvalue weighted by atomic mass is 9.88. The quantitative estimate of drug-likeness (QED) is 0.639. The van der Waals surface area contributed by atoms with E-state index in [9.17, 15) is 9.18 Å². The Balaban J connectivity index is 1.93. The Morgan fingerprint density at radius 1 is 1.12 bits per heavy atom. The number of nitrogens with zero attached hydrogens (tertiary/aromatic N) is 1. The molecule has 0 fully saturated rings. The maximum atomic E-state index is 14.5. The molecule has 2 aliphatic heterocycles. The first-order valence-corrected chi connectivity index (χ1v) is 8.82. The molecule has 3 rings (SSSR count). The number of aliphatic carboxylic acids is 1. The van der Waals surface area contributed by atoms with Gasteiger partial charge in [0, 0.05) is 24.9 Å². The van der Waals surface area contributed by atoms with Crippen LogP contribution in [0.4, 0.5) is 10.1 Å². The lowest BCUT2D eigenvalue weighted by Crippen LogP contribution is -2.34. The van der Waals surface area contributed by atoms with E-state index in [2.05, 4.69) is 17.0 Å². The number of anilines is 1. The summed E-state index contributed by atoms with van der Waals surface area (Å²) in [5.74, 6) is -1.35. The standard InChI is InChI=1S/C21H24FNO2/c1-14(11-20(24)25)7-8-19(22)15(2)18-12-16-5-3-9-23-10-4-6-17(13-18)21(16)23/h7-8,11-13H,3-6,9-10H2,1-2H3,(H,24,25). The van der Waals surface area contributed by atoms with Crippen molar-refractivity contribution in [2.24, 2.45) is 0 Å². The summed E-state index contributed by atoms with van der Waals surface area (Å²) in [6, 6.07) is 4.25. The Bertz CT molecular complexity index is 758. The minimum atomic E-state index is -1.03. The zero-order valence-corrected chi connectivity index (χ0v) is 14.8. The van der Waals surface area contributed by atoms with E-state index in [0.29, 0.717) is 11.1 Å². The van der Waals surface area contributed by atoms with Gasteiger partial charge in [0.1, 0.15) is 5.83 Å². The number of benzene rings is 1. The van der Waals surface area contributed by atoms with Gasteiger partial charge in [0.15, 0.2) is 0 Å². The minimum absolute atomic E-state index is 0.325. The first-order valence-electron chi connectivity index (χ1n) is 8.82. The molecule has 0 bridgehead atoms. The fourth-order valence-electron chi connectivity index (χ4n) is 3.73. The number of hydrogen-bond acceptors (Lipinski definition) is 2. The molecule has 0 aliphatic carbocycles. The number of rotatable bonds is 4. The Labute approximate surface area is 148 Å². The van der Waals surface area contributed by atoms with Gasteiger partial charge in [0.05, 0.1) is 0 Å². The molecule has 0 unspecified atom stereocenters. The number of halogens is 1. The maximum Gasteiger partial charge on any atom is 0.328 e. The van der Waals surface area contributed by atoms with Crippen LogP contribution in [0.5, 0.6) is 0 Å². The predicted octanol–water partition coefficient (Wildman–Crippen LogP) is 4.67. The van der Waals surface area contributed by atoms with Gasteiger partial charge in [0.25, 0.3) is 0 Å². The highest BCUT2D eigenvalue weighted by molar-refractivity contribution is 5.81. The van der Waals surface area contributed by atoms with E-state index in [-0.39, 0.29) is 5.83 Å². The summed E-state index contributed by atoms with van der Waals surface area (Å²) in [5, 5.41) is 8.71. The van der Waals surface area contributed by atoms with Crippen LogP contribution in [0.1, 0.15) is 43.4 Å². The highest BCUT2D eigenvalue weighted by atomic mass is 19.1. The summed E-state index contributed by atoms with van der Waals surface area (Å²) >= 11 is 0. The van der Waals surface area contributed by atoms with Crippen molar-refractivity contribution in [1.29, 1.82) is 0 Å². The molecule has 0 radical (unpaired) electrons. The van der Waals surface area contributed by atoms with Crippen LogP contribution >= 0.6 is 0 Å². The average Bonchev–Trinajstić information content (AvgIpc) is 2.59. The topological polar surface area (TPSA) is 40.5 Å². The normalized spacial score (nSPS) is 18.2. The van der Waals surface area contributed by atoms with Crippen LogP contribution in [-0.2, 0) is 17.6 Å². The van der Waals surface area contributed by atoms with E-state index in [1.807, 2.05) is 0 Å². The molecule has 1 N–H and O–H groups in total. The fraction of sp³-hybridized carbons (Fsp3) is 0.381. The summed E-state index contributed by atoms with van der Waals surface area (Å²) in [6.45, 7) is 5.68. The summed E-state index contributed by atoms with van der Waals surface area (Å²) in [4.78, 5) is 13.1.